The minimum absolute atomic E-state index is 0.0729. The number of hydrogen-bond acceptors (Lipinski definition) is 6. The van der Waals surface area contributed by atoms with Crippen LogP contribution in [0.25, 0.3) is 0 Å². The Morgan fingerprint density at radius 3 is 2.44 bits per heavy atom. The lowest BCUT2D eigenvalue weighted by Crippen LogP contribution is -2.63. The molecule has 2 saturated heterocycles. The van der Waals surface area contributed by atoms with Gasteiger partial charge in [0.2, 0.25) is 5.79 Å². The van der Waals surface area contributed by atoms with Gasteiger partial charge in [0.1, 0.15) is 29.7 Å². The van der Waals surface area contributed by atoms with Crippen molar-refractivity contribution in [2.45, 2.75) is 50.0 Å². The maximum Gasteiger partial charge on any atom is 0.225 e. The fourth-order valence-corrected chi connectivity index (χ4v) is 3.93. The number of aliphatic hydroxyl groups excluding tert-OH is 3. The SMILES string of the molecule is Cc1ccc([C@]23OC[C@](C)(O2)[C@@H](O)[C@H](O)[C@H]3O)cc1Cc1ccc(O)cc1. The molecule has 4 rings (SSSR count). The van der Waals surface area contributed by atoms with E-state index in [0.717, 1.165) is 16.7 Å². The molecule has 2 fully saturated rings. The van der Waals surface area contributed by atoms with Crippen molar-refractivity contribution in [1.82, 2.24) is 0 Å². The molecule has 0 aromatic heterocycles. The Hall–Kier alpha value is -1.96. The van der Waals surface area contributed by atoms with Crippen LogP contribution >= 0.6 is 0 Å². The van der Waals surface area contributed by atoms with Gasteiger partial charge in [0.05, 0.1) is 6.61 Å². The van der Waals surface area contributed by atoms with Crippen LogP contribution in [0.15, 0.2) is 42.5 Å². The molecule has 0 unspecified atom stereocenters. The third-order valence-corrected chi connectivity index (χ3v) is 5.70. The van der Waals surface area contributed by atoms with Crippen LogP contribution in [0.2, 0.25) is 0 Å². The van der Waals surface area contributed by atoms with Gasteiger partial charge in [0.15, 0.2) is 0 Å². The lowest BCUT2D eigenvalue weighted by atomic mass is 9.84. The number of benzene rings is 2. The zero-order valence-electron chi connectivity index (χ0n) is 15.3. The van der Waals surface area contributed by atoms with Crippen LogP contribution in [0, 0.1) is 6.92 Å². The third-order valence-electron chi connectivity index (χ3n) is 5.70. The molecule has 5 atom stereocenters. The van der Waals surface area contributed by atoms with E-state index in [0.29, 0.717) is 12.0 Å². The van der Waals surface area contributed by atoms with Gasteiger partial charge in [-0.3, -0.25) is 0 Å². The molecule has 2 aliphatic heterocycles. The average Bonchev–Trinajstić information content (AvgIpc) is 3.00. The number of rotatable bonds is 3. The smallest absolute Gasteiger partial charge is 0.225 e. The number of phenolic OH excluding ortho intramolecular Hbond substituents is 1. The minimum atomic E-state index is -1.51. The zero-order valence-corrected chi connectivity index (χ0v) is 15.3. The molecule has 2 heterocycles. The first kappa shape index (κ1) is 18.4. The van der Waals surface area contributed by atoms with E-state index >= 15 is 0 Å². The second-order valence-electron chi connectivity index (χ2n) is 7.74. The number of fused-ring (bicyclic) bond motifs is 2. The predicted octanol–water partition coefficient (Wildman–Crippen LogP) is 1.35. The summed E-state index contributed by atoms with van der Waals surface area (Å²) in [6.45, 7) is 3.73. The van der Waals surface area contributed by atoms with Gasteiger partial charge in [0.25, 0.3) is 0 Å². The van der Waals surface area contributed by atoms with E-state index in [9.17, 15) is 20.4 Å². The van der Waals surface area contributed by atoms with Gasteiger partial charge < -0.3 is 29.9 Å². The first-order valence-corrected chi connectivity index (χ1v) is 9.01. The van der Waals surface area contributed by atoms with Crippen LogP contribution in [-0.4, -0.2) is 50.9 Å². The first-order chi connectivity index (χ1) is 12.7. The highest BCUT2D eigenvalue weighted by molar-refractivity contribution is 5.39. The van der Waals surface area contributed by atoms with E-state index in [4.69, 9.17) is 9.47 Å². The van der Waals surface area contributed by atoms with Crippen LogP contribution in [0.1, 0.15) is 29.2 Å². The molecule has 2 aromatic rings. The van der Waals surface area contributed by atoms with Gasteiger partial charge >= 0.3 is 0 Å². The number of aliphatic hydroxyl groups is 3. The van der Waals surface area contributed by atoms with Gasteiger partial charge in [-0.1, -0.05) is 24.3 Å². The van der Waals surface area contributed by atoms with Crippen molar-refractivity contribution in [2.75, 3.05) is 6.61 Å². The summed E-state index contributed by atoms with van der Waals surface area (Å²) in [6, 6.07) is 12.6. The monoisotopic (exact) mass is 372 g/mol. The van der Waals surface area contributed by atoms with Gasteiger partial charge in [0, 0.05) is 5.56 Å². The highest BCUT2D eigenvalue weighted by Gasteiger charge is 2.65. The van der Waals surface area contributed by atoms with Crippen LogP contribution in [0.5, 0.6) is 5.75 Å². The van der Waals surface area contributed by atoms with E-state index in [1.165, 1.54) is 0 Å². The minimum Gasteiger partial charge on any atom is -0.508 e. The van der Waals surface area contributed by atoms with Crippen molar-refractivity contribution in [1.29, 1.82) is 0 Å². The molecule has 144 valence electrons. The van der Waals surface area contributed by atoms with Crippen molar-refractivity contribution in [3.63, 3.8) is 0 Å². The Kier molecular flexibility index (Phi) is 4.29. The van der Waals surface area contributed by atoms with Crippen LogP contribution in [-0.2, 0) is 21.7 Å². The van der Waals surface area contributed by atoms with E-state index in [-0.39, 0.29) is 12.4 Å². The van der Waals surface area contributed by atoms with E-state index in [2.05, 4.69) is 0 Å². The Bertz CT molecular complexity index is 850. The van der Waals surface area contributed by atoms with Crippen LogP contribution in [0.3, 0.4) is 0 Å². The predicted molar refractivity (Wildman–Crippen MR) is 97.2 cm³/mol. The van der Waals surface area contributed by atoms with Crippen LogP contribution < -0.4 is 0 Å². The van der Waals surface area contributed by atoms with Crippen molar-refractivity contribution in [3.05, 3.63) is 64.7 Å². The normalized spacial score (nSPS) is 35.4. The zero-order chi connectivity index (χ0) is 19.4. The van der Waals surface area contributed by atoms with Crippen molar-refractivity contribution in [2.24, 2.45) is 0 Å². The summed E-state index contributed by atoms with van der Waals surface area (Å²) < 4.78 is 11.8. The summed E-state index contributed by atoms with van der Waals surface area (Å²) >= 11 is 0. The number of hydrogen-bond donors (Lipinski definition) is 4. The molecule has 0 spiro atoms. The molecular formula is C21H24O6. The van der Waals surface area contributed by atoms with E-state index in [1.807, 2.05) is 37.3 Å². The van der Waals surface area contributed by atoms with Crippen molar-refractivity contribution in [3.8, 4) is 5.75 Å². The Morgan fingerprint density at radius 1 is 1.04 bits per heavy atom. The van der Waals surface area contributed by atoms with Crippen molar-refractivity contribution >= 4 is 0 Å². The van der Waals surface area contributed by atoms with Crippen molar-refractivity contribution < 1.29 is 29.9 Å². The number of ether oxygens (including phenoxy) is 2. The average molecular weight is 372 g/mol. The maximum atomic E-state index is 10.6. The molecule has 2 aliphatic rings. The molecule has 27 heavy (non-hydrogen) atoms. The van der Waals surface area contributed by atoms with Gasteiger partial charge in [-0.25, -0.2) is 0 Å². The molecule has 2 aromatic carbocycles. The summed E-state index contributed by atoms with van der Waals surface area (Å²) in [5.74, 6) is -1.29. The lowest BCUT2D eigenvalue weighted by Gasteiger charge is -2.45. The molecular weight excluding hydrogens is 348 g/mol. The maximum absolute atomic E-state index is 10.6. The summed E-state index contributed by atoms with van der Waals surface area (Å²) in [6.07, 6.45) is -3.38. The van der Waals surface area contributed by atoms with Gasteiger partial charge in [-0.15, -0.1) is 0 Å². The first-order valence-electron chi connectivity index (χ1n) is 9.01. The van der Waals surface area contributed by atoms with Gasteiger partial charge in [-0.05, 0) is 55.2 Å². The highest BCUT2D eigenvalue weighted by atomic mass is 16.8. The molecule has 0 aliphatic carbocycles. The molecule has 6 nitrogen and oxygen atoms in total. The van der Waals surface area contributed by atoms with E-state index in [1.54, 1.807) is 19.1 Å². The standard InChI is InChI=1S/C21H24O6/c1-12-3-6-15(10-14(12)9-13-4-7-16(22)8-5-13)21-19(25)17(23)18(24)20(2,27-21)11-26-21/h3-8,10,17-19,22-25H,9,11H2,1-2H3/t17-,18-,19+,20-,21-/m0/s1. The lowest BCUT2D eigenvalue weighted by molar-refractivity contribution is -0.322. The largest absolute Gasteiger partial charge is 0.508 e. The second-order valence-corrected chi connectivity index (χ2v) is 7.74. The summed E-state index contributed by atoms with van der Waals surface area (Å²) in [5, 5.41) is 40.7. The molecule has 0 amide bonds. The number of aryl methyl sites for hydroxylation is 1. The summed E-state index contributed by atoms with van der Waals surface area (Å²) in [5.41, 5.74) is 2.63. The molecule has 2 bridgehead atoms. The van der Waals surface area contributed by atoms with Crippen LogP contribution in [0.4, 0.5) is 0 Å². The van der Waals surface area contributed by atoms with E-state index < -0.39 is 29.7 Å². The summed E-state index contributed by atoms with van der Waals surface area (Å²) in [4.78, 5) is 0. The topological polar surface area (TPSA) is 99.4 Å². The fourth-order valence-electron chi connectivity index (χ4n) is 3.93. The Balaban J connectivity index is 1.71. The van der Waals surface area contributed by atoms with Gasteiger partial charge in [-0.2, -0.15) is 0 Å². The summed E-state index contributed by atoms with van der Waals surface area (Å²) in [7, 11) is 0. The molecule has 6 heteroatoms. The molecule has 0 radical (unpaired) electrons. The second kappa shape index (κ2) is 6.29. The number of aromatic hydroxyl groups is 1. The molecule has 0 saturated carbocycles. The third kappa shape index (κ3) is 2.85. The fraction of sp³-hybridized carbons (Fsp3) is 0.429. The molecule has 4 N–H and O–H groups in total. The Morgan fingerprint density at radius 2 is 1.74 bits per heavy atom. The highest BCUT2D eigenvalue weighted by Crippen LogP contribution is 2.49. The Labute approximate surface area is 157 Å². The number of phenols is 1. The quantitative estimate of drug-likeness (QED) is 0.649.